The first kappa shape index (κ1) is 16.8. The van der Waals surface area contributed by atoms with Gasteiger partial charge in [-0.3, -0.25) is 0 Å². The Bertz CT molecular complexity index is 507. The molecule has 0 aliphatic carbocycles. The Kier molecular flexibility index (Phi) is 5.83. The number of carboxylic acid groups (broad SMARTS) is 1. The quantitative estimate of drug-likeness (QED) is 0.844. The van der Waals surface area contributed by atoms with Crippen LogP contribution in [0.15, 0.2) is 6.07 Å². The molecule has 0 heterocycles. The zero-order valence-corrected chi connectivity index (χ0v) is 12.1. The van der Waals surface area contributed by atoms with Gasteiger partial charge in [0.1, 0.15) is 5.56 Å². The summed E-state index contributed by atoms with van der Waals surface area (Å²) in [6, 6.07) is 1.15. The van der Waals surface area contributed by atoms with Crippen molar-refractivity contribution in [1.29, 1.82) is 0 Å². The van der Waals surface area contributed by atoms with Crippen molar-refractivity contribution in [2.75, 3.05) is 6.61 Å². The molecular formula is C12H12Cl2F2O4. The number of carbonyl (C=O) groups is 1. The summed E-state index contributed by atoms with van der Waals surface area (Å²) in [5, 5.41) is 8.56. The fourth-order valence-corrected chi connectivity index (χ4v) is 1.76. The molecule has 4 nitrogen and oxygen atoms in total. The third kappa shape index (κ3) is 4.11. The smallest absolute Gasteiger partial charge is 0.387 e. The zero-order chi connectivity index (χ0) is 15.4. The molecule has 1 aromatic rings. The second kappa shape index (κ2) is 6.95. The van der Waals surface area contributed by atoms with Crippen molar-refractivity contribution in [1.82, 2.24) is 0 Å². The average molecular weight is 329 g/mol. The summed E-state index contributed by atoms with van der Waals surface area (Å²) >= 11 is 11.5. The van der Waals surface area contributed by atoms with Crippen LogP contribution in [-0.4, -0.2) is 24.3 Å². The molecule has 20 heavy (non-hydrogen) atoms. The van der Waals surface area contributed by atoms with E-state index in [2.05, 4.69) is 4.74 Å². The van der Waals surface area contributed by atoms with Crippen LogP contribution in [0.4, 0.5) is 8.78 Å². The zero-order valence-electron chi connectivity index (χ0n) is 10.6. The Morgan fingerprint density at radius 3 is 2.45 bits per heavy atom. The summed E-state index contributed by atoms with van der Waals surface area (Å²) < 4.78 is 34.3. The summed E-state index contributed by atoms with van der Waals surface area (Å²) in [7, 11) is 0. The molecule has 0 unspecified atom stereocenters. The highest BCUT2D eigenvalue weighted by Gasteiger charge is 2.26. The number of alkyl halides is 2. The summed E-state index contributed by atoms with van der Waals surface area (Å²) in [5.74, 6) is -2.27. The van der Waals surface area contributed by atoms with Gasteiger partial charge in [0.2, 0.25) is 0 Å². The van der Waals surface area contributed by atoms with E-state index in [9.17, 15) is 13.6 Å². The molecule has 1 rings (SSSR count). The molecule has 0 radical (unpaired) electrons. The van der Waals surface area contributed by atoms with Crippen LogP contribution < -0.4 is 9.47 Å². The number of hydrogen-bond acceptors (Lipinski definition) is 3. The number of hydrogen-bond donors (Lipinski definition) is 1. The maximum absolute atomic E-state index is 12.4. The van der Waals surface area contributed by atoms with Crippen molar-refractivity contribution in [3.05, 3.63) is 21.7 Å². The standard InChI is InChI=1S/C12H12Cl2F2O4/c1-5(2)4-19-7-3-6(13)9(14)8(11(17)18)10(7)20-12(15)16/h3,5,12H,4H2,1-2H3,(H,17,18). The number of ether oxygens (including phenoxy) is 2. The van der Waals surface area contributed by atoms with Crippen LogP contribution in [0.25, 0.3) is 0 Å². The van der Waals surface area contributed by atoms with E-state index in [-0.39, 0.29) is 28.3 Å². The van der Waals surface area contributed by atoms with Crippen LogP contribution in [0.3, 0.4) is 0 Å². The lowest BCUT2D eigenvalue weighted by atomic mass is 10.1. The Hall–Kier alpha value is -1.27. The number of halogens is 4. The van der Waals surface area contributed by atoms with Gasteiger partial charge in [-0.15, -0.1) is 0 Å². The minimum atomic E-state index is -3.22. The lowest BCUT2D eigenvalue weighted by Gasteiger charge is -2.17. The molecule has 0 aromatic heterocycles. The minimum absolute atomic E-state index is 0.0946. The average Bonchev–Trinajstić information content (AvgIpc) is 2.30. The molecule has 0 spiro atoms. The molecule has 112 valence electrons. The topological polar surface area (TPSA) is 55.8 Å². The van der Waals surface area contributed by atoms with E-state index < -0.39 is 23.9 Å². The third-order valence-corrected chi connectivity index (χ3v) is 2.92. The van der Waals surface area contributed by atoms with Gasteiger partial charge in [0.25, 0.3) is 0 Å². The van der Waals surface area contributed by atoms with Crippen LogP contribution in [0.2, 0.25) is 10.0 Å². The highest BCUT2D eigenvalue weighted by molar-refractivity contribution is 6.44. The lowest BCUT2D eigenvalue weighted by molar-refractivity contribution is -0.0520. The molecule has 0 bridgehead atoms. The van der Waals surface area contributed by atoms with Gasteiger partial charge in [-0.25, -0.2) is 4.79 Å². The summed E-state index contributed by atoms with van der Waals surface area (Å²) in [5.41, 5.74) is -0.654. The van der Waals surface area contributed by atoms with Crippen molar-refractivity contribution in [2.24, 2.45) is 5.92 Å². The van der Waals surface area contributed by atoms with Gasteiger partial charge in [0.05, 0.1) is 16.7 Å². The first-order valence-electron chi connectivity index (χ1n) is 5.57. The van der Waals surface area contributed by atoms with Gasteiger partial charge < -0.3 is 14.6 Å². The Labute approximate surface area is 124 Å². The minimum Gasteiger partial charge on any atom is -0.489 e. The lowest BCUT2D eigenvalue weighted by Crippen LogP contribution is -2.12. The van der Waals surface area contributed by atoms with E-state index in [1.165, 1.54) is 0 Å². The van der Waals surface area contributed by atoms with Crippen molar-refractivity contribution in [3.63, 3.8) is 0 Å². The third-order valence-electron chi connectivity index (χ3n) is 2.13. The van der Waals surface area contributed by atoms with E-state index in [1.807, 2.05) is 13.8 Å². The predicted octanol–water partition coefficient (Wildman–Crippen LogP) is 4.33. The molecule has 0 aliphatic rings. The SMILES string of the molecule is CC(C)COc1cc(Cl)c(Cl)c(C(=O)O)c1OC(F)F. The van der Waals surface area contributed by atoms with E-state index in [4.69, 9.17) is 33.0 Å². The highest BCUT2D eigenvalue weighted by Crippen LogP contribution is 2.42. The molecule has 0 atom stereocenters. The maximum Gasteiger partial charge on any atom is 0.387 e. The summed E-state index contributed by atoms with van der Waals surface area (Å²) in [6.45, 7) is 0.634. The van der Waals surface area contributed by atoms with Crippen molar-refractivity contribution in [2.45, 2.75) is 20.5 Å². The van der Waals surface area contributed by atoms with Crippen LogP contribution >= 0.6 is 23.2 Å². The van der Waals surface area contributed by atoms with Gasteiger partial charge in [0.15, 0.2) is 11.5 Å². The van der Waals surface area contributed by atoms with E-state index >= 15 is 0 Å². The largest absolute Gasteiger partial charge is 0.489 e. The maximum atomic E-state index is 12.4. The second-order valence-corrected chi connectivity index (χ2v) is 5.05. The fourth-order valence-electron chi connectivity index (χ4n) is 1.35. The molecular weight excluding hydrogens is 317 g/mol. The summed E-state index contributed by atoms with van der Waals surface area (Å²) in [6.07, 6.45) is 0. The van der Waals surface area contributed by atoms with Gasteiger partial charge >= 0.3 is 12.6 Å². The van der Waals surface area contributed by atoms with Crippen LogP contribution in [0.1, 0.15) is 24.2 Å². The molecule has 0 saturated carbocycles. The van der Waals surface area contributed by atoms with Gasteiger partial charge in [-0.2, -0.15) is 8.78 Å². The Morgan fingerprint density at radius 2 is 2.00 bits per heavy atom. The normalized spacial score (nSPS) is 11.0. The first-order valence-corrected chi connectivity index (χ1v) is 6.32. The van der Waals surface area contributed by atoms with Crippen molar-refractivity contribution >= 4 is 29.2 Å². The van der Waals surface area contributed by atoms with Gasteiger partial charge in [0, 0.05) is 6.07 Å². The molecule has 0 amide bonds. The molecule has 1 aromatic carbocycles. The summed E-state index contributed by atoms with van der Waals surface area (Å²) in [4.78, 5) is 11.1. The monoisotopic (exact) mass is 328 g/mol. The van der Waals surface area contributed by atoms with Crippen LogP contribution in [0, 0.1) is 5.92 Å². The number of rotatable bonds is 6. The highest BCUT2D eigenvalue weighted by atomic mass is 35.5. The number of carboxylic acids is 1. The van der Waals surface area contributed by atoms with E-state index in [0.717, 1.165) is 6.07 Å². The molecule has 0 saturated heterocycles. The van der Waals surface area contributed by atoms with E-state index in [0.29, 0.717) is 0 Å². The van der Waals surface area contributed by atoms with Crippen LogP contribution in [0.5, 0.6) is 11.5 Å². The molecule has 0 aliphatic heterocycles. The Morgan fingerprint density at radius 1 is 1.40 bits per heavy atom. The van der Waals surface area contributed by atoms with Crippen LogP contribution in [-0.2, 0) is 0 Å². The fraction of sp³-hybridized carbons (Fsp3) is 0.417. The van der Waals surface area contributed by atoms with Crippen molar-refractivity contribution in [3.8, 4) is 11.5 Å². The number of aromatic carboxylic acids is 1. The van der Waals surface area contributed by atoms with E-state index in [1.54, 1.807) is 0 Å². The molecule has 0 fully saturated rings. The molecule has 1 N–H and O–H groups in total. The first-order chi connectivity index (χ1) is 9.23. The van der Waals surface area contributed by atoms with Gasteiger partial charge in [-0.05, 0) is 5.92 Å². The molecule has 8 heteroatoms. The predicted molar refractivity (Wildman–Crippen MR) is 70.4 cm³/mol. The van der Waals surface area contributed by atoms with Gasteiger partial charge in [-0.1, -0.05) is 37.0 Å². The Balaban J connectivity index is 3.36. The van der Waals surface area contributed by atoms with Crippen molar-refractivity contribution < 1.29 is 28.2 Å². The second-order valence-electron chi connectivity index (χ2n) is 4.26. The number of benzene rings is 1.